The fourth-order valence-corrected chi connectivity index (χ4v) is 3.58. The van der Waals surface area contributed by atoms with E-state index in [1.807, 2.05) is 12.1 Å². The molecule has 0 bridgehead atoms. The van der Waals surface area contributed by atoms with Crippen LogP contribution >= 0.6 is 0 Å². The maximum Gasteiger partial charge on any atom is 0.160 e. The summed E-state index contributed by atoms with van der Waals surface area (Å²) in [6.07, 6.45) is 2.21. The zero-order valence-electron chi connectivity index (χ0n) is 13.0. The second kappa shape index (κ2) is 7.42. The number of benzene rings is 2. The highest BCUT2D eigenvalue weighted by atomic mass is 32.2. The van der Waals surface area contributed by atoms with Gasteiger partial charge in [-0.1, -0.05) is 12.1 Å². The molecule has 2 aromatic carbocycles. The third-order valence-electron chi connectivity index (χ3n) is 4.11. The van der Waals surface area contributed by atoms with Gasteiger partial charge in [0.15, 0.2) is 11.1 Å². The van der Waals surface area contributed by atoms with Crippen LogP contribution in [0, 0.1) is 5.82 Å². The van der Waals surface area contributed by atoms with Crippen LogP contribution in [0.2, 0.25) is 0 Å². The van der Waals surface area contributed by atoms with Crippen molar-refractivity contribution in [3.05, 3.63) is 59.4 Å². The first-order chi connectivity index (χ1) is 11.6. The van der Waals surface area contributed by atoms with Gasteiger partial charge in [-0.25, -0.2) is 8.60 Å². The molecular formula is C18H19FO4S. The fraction of sp³-hybridized carbons (Fsp3) is 0.333. The minimum absolute atomic E-state index is 0.163. The Labute approximate surface area is 142 Å². The standard InChI is InChI=1S/C18H19FO4S/c19-13-6-8-14(9-7-13)23-16-3-1-2-15(18(16)12-4-5-12)17(10-11-20)24(21)22/h1-3,6-9,12,17,20H,4-5,10-11H2,(H,21,22). The van der Waals surface area contributed by atoms with E-state index in [1.165, 1.54) is 12.1 Å². The molecule has 0 radical (unpaired) electrons. The normalized spacial score (nSPS) is 16.6. The van der Waals surface area contributed by atoms with Crippen molar-refractivity contribution in [3.8, 4) is 11.5 Å². The Morgan fingerprint density at radius 3 is 2.50 bits per heavy atom. The number of hydrogen-bond acceptors (Lipinski definition) is 3. The monoisotopic (exact) mass is 350 g/mol. The van der Waals surface area contributed by atoms with E-state index >= 15 is 0 Å². The first-order valence-electron chi connectivity index (χ1n) is 7.87. The molecule has 1 aliphatic rings. The van der Waals surface area contributed by atoms with E-state index in [1.54, 1.807) is 18.2 Å². The van der Waals surface area contributed by atoms with E-state index in [2.05, 4.69) is 0 Å². The third kappa shape index (κ3) is 3.83. The van der Waals surface area contributed by atoms with Crippen molar-refractivity contribution in [1.29, 1.82) is 0 Å². The molecule has 0 amide bonds. The Hall–Kier alpha value is -1.76. The van der Waals surface area contributed by atoms with Crippen LogP contribution in [0.4, 0.5) is 4.39 Å². The molecule has 2 N–H and O–H groups in total. The summed E-state index contributed by atoms with van der Waals surface area (Å²) in [5, 5.41) is 8.56. The summed E-state index contributed by atoms with van der Waals surface area (Å²) in [6, 6.07) is 11.2. The van der Waals surface area contributed by atoms with Crippen LogP contribution in [-0.2, 0) is 11.1 Å². The highest BCUT2D eigenvalue weighted by molar-refractivity contribution is 7.79. The largest absolute Gasteiger partial charge is 0.457 e. The molecule has 2 unspecified atom stereocenters. The minimum Gasteiger partial charge on any atom is -0.457 e. The summed E-state index contributed by atoms with van der Waals surface area (Å²) in [7, 11) is 0. The second-order valence-electron chi connectivity index (χ2n) is 5.87. The van der Waals surface area contributed by atoms with Gasteiger partial charge in [-0.05, 0) is 61.1 Å². The lowest BCUT2D eigenvalue weighted by molar-refractivity contribution is 0.285. The van der Waals surface area contributed by atoms with E-state index in [-0.39, 0.29) is 18.8 Å². The van der Waals surface area contributed by atoms with Gasteiger partial charge in [-0.2, -0.15) is 0 Å². The molecule has 0 aliphatic heterocycles. The number of ether oxygens (including phenoxy) is 1. The van der Waals surface area contributed by atoms with E-state index in [9.17, 15) is 18.3 Å². The Morgan fingerprint density at radius 2 is 1.92 bits per heavy atom. The van der Waals surface area contributed by atoms with E-state index in [4.69, 9.17) is 4.74 Å². The van der Waals surface area contributed by atoms with E-state index < -0.39 is 16.3 Å². The Morgan fingerprint density at radius 1 is 1.21 bits per heavy atom. The highest BCUT2D eigenvalue weighted by Crippen LogP contribution is 2.49. The van der Waals surface area contributed by atoms with Gasteiger partial charge in [-0.15, -0.1) is 0 Å². The number of aliphatic hydroxyl groups is 1. The third-order valence-corrected chi connectivity index (χ3v) is 5.08. The number of halogens is 1. The molecule has 2 atom stereocenters. The van der Waals surface area contributed by atoms with Gasteiger partial charge in [0, 0.05) is 12.2 Å². The van der Waals surface area contributed by atoms with Crippen LogP contribution in [0.1, 0.15) is 41.6 Å². The summed E-state index contributed by atoms with van der Waals surface area (Å²) in [5.41, 5.74) is 1.66. The van der Waals surface area contributed by atoms with Crippen LogP contribution in [0.5, 0.6) is 11.5 Å². The topological polar surface area (TPSA) is 66.8 Å². The Kier molecular flexibility index (Phi) is 5.28. The van der Waals surface area contributed by atoms with Crippen LogP contribution in [0.15, 0.2) is 42.5 Å². The molecule has 0 heterocycles. The van der Waals surface area contributed by atoms with Gasteiger partial charge in [0.25, 0.3) is 0 Å². The molecule has 24 heavy (non-hydrogen) atoms. The molecule has 4 nitrogen and oxygen atoms in total. The van der Waals surface area contributed by atoms with Gasteiger partial charge in [0.1, 0.15) is 17.3 Å². The molecule has 128 valence electrons. The number of aliphatic hydroxyl groups excluding tert-OH is 1. The summed E-state index contributed by atoms with van der Waals surface area (Å²) in [5.74, 6) is 1.09. The first kappa shape index (κ1) is 17.1. The maximum atomic E-state index is 13.0. The zero-order chi connectivity index (χ0) is 17.1. The molecular weight excluding hydrogens is 331 g/mol. The van der Waals surface area contributed by atoms with Crippen LogP contribution < -0.4 is 4.74 Å². The number of rotatable bonds is 7. The molecule has 0 aromatic heterocycles. The predicted molar refractivity (Wildman–Crippen MR) is 90.1 cm³/mol. The Bertz CT molecular complexity index is 728. The van der Waals surface area contributed by atoms with Crippen molar-refractivity contribution in [2.75, 3.05) is 6.61 Å². The molecule has 0 saturated heterocycles. The van der Waals surface area contributed by atoms with Crippen molar-refractivity contribution in [1.82, 2.24) is 0 Å². The lowest BCUT2D eigenvalue weighted by Crippen LogP contribution is -2.11. The number of hydrogen-bond donors (Lipinski definition) is 2. The van der Waals surface area contributed by atoms with Gasteiger partial charge in [0.05, 0.1) is 5.25 Å². The van der Waals surface area contributed by atoms with Crippen molar-refractivity contribution >= 4 is 11.1 Å². The van der Waals surface area contributed by atoms with Crippen molar-refractivity contribution in [2.24, 2.45) is 0 Å². The van der Waals surface area contributed by atoms with Crippen molar-refractivity contribution in [3.63, 3.8) is 0 Å². The smallest absolute Gasteiger partial charge is 0.160 e. The second-order valence-corrected chi connectivity index (χ2v) is 6.99. The van der Waals surface area contributed by atoms with Gasteiger partial charge < -0.3 is 14.4 Å². The lowest BCUT2D eigenvalue weighted by atomic mass is 9.98. The predicted octanol–water partition coefficient (Wildman–Crippen LogP) is 4.14. The van der Waals surface area contributed by atoms with Gasteiger partial charge >= 0.3 is 0 Å². The summed E-state index contributed by atoms with van der Waals surface area (Å²) >= 11 is -2.08. The van der Waals surface area contributed by atoms with Gasteiger partial charge in [-0.3, -0.25) is 0 Å². The van der Waals surface area contributed by atoms with Crippen molar-refractivity contribution < 1.29 is 23.0 Å². The van der Waals surface area contributed by atoms with Crippen LogP contribution in [0.3, 0.4) is 0 Å². The summed E-state index contributed by atoms with van der Waals surface area (Å²) < 4.78 is 40.3. The molecule has 3 rings (SSSR count). The average Bonchev–Trinajstić information content (AvgIpc) is 3.39. The fourth-order valence-electron chi connectivity index (χ4n) is 2.85. The molecule has 1 saturated carbocycles. The minimum atomic E-state index is -2.08. The Balaban J connectivity index is 1.99. The molecule has 1 aliphatic carbocycles. The lowest BCUT2D eigenvalue weighted by Gasteiger charge is -2.20. The summed E-state index contributed by atoms with van der Waals surface area (Å²) in [6.45, 7) is -0.163. The maximum absolute atomic E-state index is 13.0. The highest BCUT2D eigenvalue weighted by Gasteiger charge is 2.33. The SMILES string of the molecule is O=S(O)C(CCO)c1cccc(Oc2ccc(F)cc2)c1C1CC1. The summed E-state index contributed by atoms with van der Waals surface area (Å²) in [4.78, 5) is 0. The van der Waals surface area contributed by atoms with Crippen LogP contribution in [-0.4, -0.2) is 20.5 Å². The first-order valence-corrected chi connectivity index (χ1v) is 9.04. The molecule has 0 spiro atoms. The van der Waals surface area contributed by atoms with Gasteiger partial charge in [0.2, 0.25) is 0 Å². The molecule has 6 heteroatoms. The van der Waals surface area contributed by atoms with Crippen molar-refractivity contribution in [2.45, 2.75) is 30.4 Å². The average molecular weight is 350 g/mol. The zero-order valence-corrected chi connectivity index (χ0v) is 13.8. The van der Waals surface area contributed by atoms with E-state index in [0.717, 1.165) is 24.0 Å². The molecule has 2 aromatic rings. The molecule has 1 fully saturated rings. The van der Waals surface area contributed by atoms with Crippen LogP contribution in [0.25, 0.3) is 0 Å². The van der Waals surface area contributed by atoms with E-state index in [0.29, 0.717) is 17.4 Å². The quantitative estimate of drug-likeness (QED) is 0.737.